The van der Waals surface area contributed by atoms with Crippen LogP contribution in [0.15, 0.2) is 48.5 Å². The van der Waals surface area contributed by atoms with Gasteiger partial charge in [0.1, 0.15) is 11.6 Å². The zero-order chi connectivity index (χ0) is 18.7. The molecule has 0 unspecified atom stereocenters. The van der Waals surface area contributed by atoms with Crippen LogP contribution in [-0.2, 0) is 4.79 Å². The van der Waals surface area contributed by atoms with E-state index in [1.165, 1.54) is 0 Å². The quantitative estimate of drug-likeness (QED) is 0.754. The Morgan fingerprint density at radius 1 is 1.00 bits per heavy atom. The van der Waals surface area contributed by atoms with Gasteiger partial charge in [-0.15, -0.1) is 0 Å². The second-order valence-corrected chi connectivity index (χ2v) is 6.58. The number of ether oxygens (including phenoxy) is 1. The molecule has 134 valence electrons. The Kier molecular flexibility index (Phi) is 5.07. The highest BCUT2D eigenvalue weighted by Crippen LogP contribution is 2.20. The number of aromatic nitrogens is 2. The second-order valence-electron chi connectivity index (χ2n) is 6.58. The molecule has 1 N–H and O–H groups in total. The molecule has 0 aliphatic heterocycles. The maximum Gasteiger partial charge on any atom is 0.263 e. The molecule has 3 rings (SSSR count). The number of carbonyl (C=O) groups is 1. The Morgan fingerprint density at radius 3 is 2.42 bits per heavy atom. The lowest BCUT2D eigenvalue weighted by Crippen LogP contribution is -2.22. The van der Waals surface area contributed by atoms with Crippen LogP contribution in [0.2, 0.25) is 0 Å². The van der Waals surface area contributed by atoms with Crippen molar-refractivity contribution in [2.45, 2.75) is 27.7 Å². The average Bonchev–Trinajstić information content (AvgIpc) is 2.92. The van der Waals surface area contributed by atoms with Gasteiger partial charge in [0.2, 0.25) is 0 Å². The number of amides is 1. The summed E-state index contributed by atoms with van der Waals surface area (Å²) in [7, 11) is 0. The molecule has 26 heavy (non-hydrogen) atoms. The van der Waals surface area contributed by atoms with Gasteiger partial charge in [0, 0.05) is 6.07 Å². The Labute approximate surface area is 153 Å². The van der Waals surface area contributed by atoms with E-state index in [9.17, 15) is 4.79 Å². The minimum atomic E-state index is -0.225. The molecule has 0 radical (unpaired) electrons. The summed E-state index contributed by atoms with van der Waals surface area (Å²) in [6.07, 6.45) is 0. The molecule has 0 spiro atoms. The zero-order valence-electron chi connectivity index (χ0n) is 15.5. The molecular weight excluding hydrogens is 326 g/mol. The van der Waals surface area contributed by atoms with Crippen molar-refractivity contribution in [2.75, 3.05) is 11.9 Å². The lowest BCUT2D eigenvalue weighted by atomic mass is 10.1. The summed E-state index contributed by atoms with van der Waals surface area (Å²) in [4.78, 5) is 12.3. The molecule has 0 saturated carbocycles. The number of hydrogen-bond acceptors (Lipinski definition) is 3. The number of nitrogens with one attached hydrogen (secondary N) is 1. The van der Waals surface area contributed by atoms with Crippen LogP contribution in [0.4, 0.5) is 5.82 Å². The van der Waals surface area contributed by atoms with E-state index in [-0.39, 0.29) is 12.5 Å². The topological polar surface area (TPSA) is 56.1 Å². The minimum absolute atomic E-state index is 0.0550. The van der Waals surface area contributed by atoms with Crippen molar-refractivity contribution >= 4 is 11.7 Å². The maximum absolute atomic E-state index is 12.3. The number of carbonyl (C=O) groups excluding carboxylic acids is 1. The summed E-state index contributed by atoms with van der Waals surface area (Å²) in [5.74, 6) is 1.08. The molecule has 0 atom stereocenters. The first-order valence-corrected chi connectivity index (χ1v) is 8.55. The van der Waals surface area contributed by atoms with E-state index in [0.29, 0.717) is 11.6 Å². The van der Waals surface area contributed by atoms with Gasteiger partial charge in [-0.05, 0) is 68.7 Å². The van der Waals surface area contributed by atoms with Crippen molar-refractivity contribution < 1.29 is 9.53 Å². The summed E-state index contributed by atoms with van der Waals surface area (Å²) in [6.45, 7) is 7.91. The van der Waals surface area contributed by atoms with Gasteiger partial charge < -0.3 is 10.1 Å². The van der Waals surface area contributed by atoms with E-state index >= 15 is 0 Å². The highest BCUT2D eigenvalue weighted by Gasteiger charge is 2.12. The van der Waals surface area contributed by atoms with Crippen LogP contribution in [0.25, 0.3) is 5.69 Å². The van der Waals surface area contributed by atoms with Crippen LogP contribution in [0.3, 0.4) is 0 Å². The van der Waals surface area contributed by atoms with E-state index in [2.05, 4.69) is 16.5 Å². The van der Waals surface area contributed by atoms with Gasteiger partial charge in [-0.25, -0.2) is 4.68 Å². The van der Waals surface area contributed by atoms with Crippen molar-refractivity contribution in [1.82, 2.24) is 9.78 Å². The highest BCUT2D eigenvalue weighted by molar-refractivity contribution is 5.91. The fourth-order valence-electron chi connectivity index (χ4n) is 2.89. The lowest BCUT2D eigenvalue weighted by Gasteiger charge is -2.11. The first kappa shape index (κ1) is 17.7. The van der Waals surface area contributed by atoms with Gasteiger partial charge >= 0.3 is 0 Å². The van der Waals surface area contributed by atoms with Crippen molar-refractivity contribution in [3.8, 4) is 11.4 Å². The Bertz CT molecular complexity index is 924. The number of benzene rings is 2. The van der Waals surface area contributed by atoms with Gasteiger partial charge in [-0.1, -0.05) is 18.2 Å². The van der Waals surface area contributed by atoms with Gasteiger partial charge in [-0.2, -0.15) is 5.10 Å². The summed E-state index contributed by atoms with van der Waals surface area (Å²) in [6, 6.07) is 15.7. The molecule has 0 fully saturated rings. The molecule has 5 heteroatoms. The zero-order valence-corrected chi connectivity index (χ0v) is 15.5. The third kappa shape index (κ3) is 4.30. The number of nitrogens with zero attached hydrogens (tertiary/aromatic N) is 2. The first-order chi connectivity index (χ1) is 12.4. The monoisotopic (exact) mass is 349 g/mol. The van der Waals surface area contributed by atoms with Crippen molar-refractivity contribution in [2.24, 2.45) is 0 Å². The van der Waals surface area contributed by atoms with Crippen molar-refractivity contribution in [3.05, 3.63) is 70.9 Å². The normalized spacial score (nSPS) is 10.6. The third-order valence-electron chi connectivity index (χ3n) is 3.91. The Hall–Kier alpha value is -3.08. The summed E-state index contributed by atoms with van der Waals surface area (Å²) >= 11 is 0. The fraction of sp³-hybridized carbons (Fsp3) is 0.238. The summed E-state index contributed by atoms with van der Waals surface area (Å²) in [5, 5.41) is 7.40. The molecule has 3 aromatic rings. The van der Waals surface area contributed by atoms with Crippen LogP contribution < -0.4 is 10.1 Å². The largest absolute Gasteiger partial charge is 0.484 e. The van der Waals surface area contributed by atoms with Crippen LogP contribution in [0.1, 0.15) is 22.4 Å². The smallest absolute Gasteiger partial charge is 0.263 e. The van der Waals surface area contributed by atoms with Gasteiger partial charge in [0.05, 0.1) is 11.4 Å². The molecular formula is C21H23N3O2. The van der Waals surface area contributed by atoms with Crippen molar-refractivity contribution in [1.29, 1.82) is 0 Å². The van der Waals surface area contributed by atoms with E-state index in [1.807, 2.05) is 70.2 Å². The summed E-state index contributed by atoms with van der Waals surface area (Å²) < 4.78 is 7.32. The first-order valence-electron chi connectivity index (χ1n) is 8.55. The lowest BCUT2D eigenvalue weighted by molar-refractivity contribution is -0.118. The van der Waals surface area contributed by atoms with E-state index in [0.717, 1.165) is 28.1 Å². The van der Waals surface area contributed by atoms with E-state index < -0.39 is 0 Å². The van der Waals surface area contributed by atoms with Gasteiger partial charge in [0.15, 0.2) is 6.61 Å². The molecule has 0 aliphatic carbocycles. The van der Waals surface area contributed by atoms with E-state index in [1.54, 1.807) is 4.68 Å². The Balaban J connectivity index is 1.74. The van der Waals surface area contributed by atoms with Crippen LogP contribution in [-0.4, -0.2) is 22.3 Å². The molecule has 5 nitrogen and oxygen atoms in total. The molecule has 0 saturated heterocycles. The van der Waals surface area contributed by atoms with Crippen LogP contribution in [0, 0.1) is 27.7 Å². The van der Waals surface area contributed by atoms with Crippen molar-refractivity contribution in [3.63, 3.8) is 0 Å². The molecule has 1 amide bonds. The predicted octanol–water partition coefficient (Wildman–Crippen LogP) is 4.12. The molecule has 0 aliphatic rings. The number of anilines is 1. The van der Waals surface area contributed by atoms with E-state index in [4.69, 9.17) is 4.74 Å². The van der Waals surface area contributed by atoms with Gasteiger partial charge in [-0.3, -0.25) is 4.79 Å². The molecule has 0 bridgehead atoms. The number of aryl methyl sites for hydroxylation is 4. The number of rotatable bonds is 5. The molecule has 2 aromatic carbocycles. The number of hydrogen-bond donors (Lipinski definition) is 1. The van der Waals surface area contributed by atoms with Crippen LogP contribution >= 0.6 is 0 Å². The SMILES string of the molecule is Cc1cccc(OCC(=O)Nc2cc(C)nn2-c2cc(C)cc(C)c2)c1. The second kappa shape index (κ2) is 7.44. The summed E-state index contributed by atoms with van der Waals surface area (Å²) in [5.41, 5.74) is 5.14. The molecule has 1 heterocycles. The standard InChI is InChI=1S/C21H23N3O2/c1-14-6-5-7-19(11-14)26-13-21(25)22-20-12-17(4)23-24(20)18-9-15(2)8-16(3)10-18/h5-12H,13H2,1-4H3,(H,22,25). The Morgan fingerprint density at radius 2 is 1.73 bits per heavy atom. The fourth-order valence-corrected chi connectivity index (χ4v) is 2.89. The maximum atomic E-state index is 12.3. The highest BCUT2D eigenvalue weighted by atomic mass is 16.5. The third-order valence-corrected chi connectivity index (χ3v) is 3.91. The molecule has 1 aromatic heterocycles. The minimum Gasteiger partial charge on any atom is -0.484 e. The van der Waals surface area contributed by atoms with Crippen LogP contribution in [0.5, 0.6) is 5.75 Å². The van der Waals surface area contributed by atoms with Gasteiger partial charge in [0.25, 0.3) is 5.91 Å². The average molecular weight is 349 g/mol. The predicted molar refractivity (Wildman–Crippen MR) is 103 cm³/mol.